The van der Waals surface area contributed by atoms with Crippen LogP contribution in [0.25, 0.3) is 0 Å². The monoisotopic (exact) mass is 362 g/mol. The van der Waals surface area contributed by atoms with E-state index in [1.807, 2.05) is 12.1 Å². The second-order valence-electron chi connectivity index (χ2n) is 5.76. The zero-order valence-electron chi connectivity index (χ0n) is 13.1. The fraction of sp³-hybridized carbons (Fsp3) is 0.222. The summed E-state index contributed by atoms with van der Waals surface area (Å²) in [5.74, 6) is -0.239. The number of amides is 2. The van der Waals surface area contributed by atoms with Crippen molar-refractivity contribution in [3.63, 3.8) is 0 Å². The Hall–Kier alpha value is -2.04. The summed E-state index contributed by atoms with van der Waals surface area (Å²) in [7, 11) is 0. The Morgan fingerprint density at radius 2 is 1.71 bits per heavy atom. The van der Waals surface area contributed by atoms with Gasteiger partial charge in [0.05, 0.1) is 10.0 Å². The molecular weight excluding hydrogens is 347 g/mol. The van der Waals surface area contributed by atoms with Gasteiger partial charge in [-0.3, -0.25) is 9.59 Å². The Morgan fingerprint density at radius 3 is 2.25 bits per heavy atom. The Balaban J connectivity index is 1.88. The van der Waals surface area contributed by atoms with Gasteiger partial charge >= 0.3 is 0 Å². The SMILES string of the molecule is CC(=O)Nc1ccc(N(C(=O)c2ccc(Cl)c(Cl)c2)C2CC2)cc1. The molecule has 1 aliphatic rings. The minimum absolute atomic E-state index is 0.108. The highest BCUT2D eigenvalue weighted by Crippen LogP contribution is 2.34. The largest absolute Gasteiger partial charge is 0.326 e. The lowest BCUT2D eigenvalue weighted by molar-refractivity contribution is -0.114. The molecular formula is C18H16Cl2N2O2. The minimum atomic E-state index is -0.131. The molecule has 0 aromatic heterocycles. The summed E-state index contributed by atoms with van der Waals surface area (Å²) < 4.78 is 0. The van der Waals surface area contributed by atoms with E-state index in [2.05, 4.69) is 5.32 Å². The van der Waals surface area contributed by atoms with Gasteiger partial charge in [0.2, 0.25) is 5.91 Å². The van der Waals surface area contributed by atoms with Crippen molar-refractivity contribution in [3.05, 3.63) is 58.1 Å². The number of carbonyl (C=O) groups excluding carboxylic acids is 2. The van der Waals surface area contributed by atoms with Crippen LogP contribution < -0.4 is 10.2 Å². The maximum absolute atomic E-state index is 12.9. The predicted octanol–water partition coefficient (Wildman–Crippen LogP) is 4.76. The predicted molar refractivity (Wildman–Crippen MR) is 97.0 cm³/mol. The molecule has 4 nitrogen and oxygen atoms in total. The Labute approximate surface area is 150 Å². The van der Waals surface area contributed by atoms with Crippen LogP contribution in [0.1, 0.15) is 30.1 Å². The number of hydrogen-bond donors (Lipinski definition) is 1. The van der Waals surface area contributed by atoms with E-state index in [0.717, 1.165) is 18.5 Å². The topological polar surface area (TPSA) is 49.4 Å². The minimum Gasteiger partial charge on any atom is -0.326 e. The maximum Gasteiger partial charge on any atom is 0.258 e. The normalized spacial score (nSPS) is 13.5. The van der Waals surface area contributed by atoms with Crippen molar-refractivity contribution in [2.45, 2.75) is 25.8 Å². The molecule has 2 aromatic carbocycles. The van der Waals surface area contributed by atoms with Gasteiger partial charge in [0.15, 0.2) is 0 Å². The third-order valence-corrected chi connectivity index (χ3v) is 4.50. The van der Waals surface area contributed by atoms with Crippen molar-refractivity contribution in [2.75, 3.05) is 10.2 Å². The van der Waals surface area contributed by atoms with Gasteiger partial charge in [0.25, 0.3) is 5.91 Å². The van der Waals surface area contributed by atoms with E-state index in [4.69, 9.17) is 23.2 Å². The van der Waals surface area contributed by atoms with Gasteiger partial charge in [-0.25, -0.2) is 0 Å². The van der Waals surface area contributed by atoms with Crippen LogP contribution >= 0.6 is 23.2 Å². The number of carbonyl (C=O) groups is 2. The molecule has 0 radical (unpaired) electrons. The molecule has 0 aliphatic heterocycles. The van der Waals surface area contributed by atoms with E-state index < -0.39 is 0 Å². The standard InChI is InChI=1S/C18H16Cl2N2O2/c1-11(23)21-13-3-5-14(6-4-13)22(15-7-8-15)18(24)12-2-9-16(19)17(20)10-12/h2-6,9-10,15H,7-8H2,1H3,(H,21,23). The summed E-state index contributed by atoms with van der Waals surface area (Å²) in [5.41, 5.74) is 1.99. The molecule has 0 unspecified atom stereocenters. The fourth-order valence-electron chi connectivity index (χ4n) is 2.50. The number of benzene rings is 2. The first-order valence-electron chi connectivity index (χ1n) is 7.62. The molecule has 1 aliphatic carbocycles. The lowest BCUT2D eigenvalue weighted by atomic mass is 10.1. The highest BCUT2D eigenvalue weighted by Gasteiger charge is 2.34. The van der Waals surface area contributed by atoms with Crippen LogP contribution in [0.2, 0.25) is 10.0 Å². The van der Waals surface area contributed by atoms with Crippen LogP contribution in [0.3, 0.4) is 0 Å². The van der Waals surface area contributed by atoms with E-state index in [9.17, 15) is 9.59 Å². The average molecular weight is 363 g/mol. The average Bonchev–Trinajstić information content (AvgIpc) is 3.36. The molecule has 0 heterocycles. The molecule has 3 rings (SSSR count). The molecule has 1 fully saturated rings. The molecule has 0 bridgehead atoms. The summed E-state index contributed by atoms with van der Waals surface area (Å²) in [4.78, 5) is 25.8. The van der Waals surface area contributed by atoms with Crippen molar-refractivity contribution in [1.29, 1.82) is 0 Å². The molecule has 6 heteroatoms. The van der Waals surface area contributed by atoms with Gasteiger partial charge in [-0.2, -0.15) is 0 Å². The van der Waals surface area contributed by atoms with Gasteiger partial charge in [-0.15, -0.1) is 0 Å². The van der Waals surface area contributed by atoms with E-state index in [1.165, 1.54) is 6.92 Å². The zero-order valence-corrected chi connectivity index (χ0v) is 14.6. The zero-order chi connectivity index (χ0) is 17.3. The van der Waals surface area contributed by atoms with Gasteiger partial charge in [0.1, 0.15) is 0 Å². The molecule has 1 saturated carbocycles. The molecule has 0 saturated heterocycles. The summed E-state index contributed by atoms with van der Waals surface area (Å²) in [6, 6.07) is 12.3. The van der Waals surface area contributed by atoms with Crippen molar-refractivity contribution in [3.8, 4) is 0 Å². The van der Waals surface area contributed by atoms with Gasteiger partial charge in [-0.05, 0) is 55.3 Å². The lowest BCUT2D eigenvalue weighted by Gasteiger charge is -2.23. The van der Waals surface area contributed by atoms with Crippen molar-refractivity contribution in [1.82, 2.24) is 0 Å². The molecule has 24 heavy (non-hydrogen) atoms. The highest BCUT2D eigenvalue weighted by molar-refractivity contribution is 6.42. The number of hydrogen-bond acceptors (Lipinski definition) is 2. The smallest absolute Gasteiger partial charge is 0.258 e. The number of halogens is 2. The van der Waals surface area contributed by atoms with Crippen LogP contribution in [0.4, 0.5) is 11.4 Å². The third kappa shape index (κ3) is 3.71. The number of nitrogens with one attached hydrogen (secondary N) is 1. The van der Waals surface area contributed by atoms with E-state index >= 15 is 0 Å². The van der Waals surface area contributed by atoms with Crippen LogP contribution in [-0.2, 0) is 4.79 Å². The number of anilines is 2. The number of rotatable bonds is 4. The molecule has 0 spiro atoms. The van der Waals surface area contributed by atoms with E-state index in [-0.39, 0.29) is 17.9 Å². The van der Waals surface area contributed by atoms with E-state index in [1.54, 1.807) is 35.2 Å². The Bertz CT molecular complexity index is 786. The first-order chi connectivity index (χ1) is 11.5. The Morgan fingerprint density at radius 1 is 1.04 bits per heavy atom. The third-order valence-electron chi connectivity index (χ3n) is 3.76. The highest BCUT2D eigenvalue weighted by atomic mass is 35.5. The first kappa shape index (κ1) is 16.8. The van der Waals surface area contributed by atoms with Crippen molar-refractivity contribution in [2.24, 2.45) is 0 Å². The molecule has 1 N–H and O–H groups in total. The van der Waals surface area contributed by atoms with Crippen molar-refractivity contribution >= 4 is 46.4 Å². The Kier molecular flexibility index (Phi) is 4.78. The quantitative estimate of drug-likeness (QED) is 0.851. The van der Waals surface area contributed by atoms with Crippen LogP contribution in [0.5, 0.6) is 0 Å². The van der Waals surface area contributed by atoms with Crippen molar-refractivity contribution < 1.29 is 9.59 Å². The first-order valence-corrected chi connectivity index (χ1v) is 8.37. The molecule has 0 atom stereocenters. The fourth-order valence-corrected chi connectivity index (χ4v) is 2.80. The summed E-state index contributed by atoms with van der Waals surface area (Å²) in [6.07, 6.45) is 1.95. The summed E-state index contributed by atoms with van der Waals surface area (Å²) in [5, 5.41) is 3.50. The molecule has 2 amide bonds. The summed E-state index contributed by atoms with van der Waals surface area (Å²) >= 11 is 12.0. The second-order valence-corrected chi connectivity index (χ2v) is 6.58. The lowest BCUT2D eigenvalue weighted by Crippen LogP contribution is -2.33. The molecule has 2 aromatic rings. The van der Waals surface area contributed by atoms with Crippen LogP contribution in [0, 0.1) is 0 Å². The van der Waals surface area contributed by atoms with Gasteiger partial charge in [0, 0.05) is 29.9 Å². The maximum atomic E-state index is 12.9. The van der Waals surface area contributed by atoms with Crippen LogP contribution in [0.15, 0.2) is 42.5 Å². The number of nitrogens with zero attached hydrogens (tertiary/aromatic N) is 1. The van der Waals surface area contributed by atoms with Gasteiger partial charge in [-0.1, -0.05) is 23.2 Å². The second kappa shape index (κ2) is 6.83. The van der Waals surface area contributed by atoms with Gasteiger partial charge < -0.3 is 10.2 Å². The van der Waals surface area contributed by atoms with Crippen LogP contribution in [-0.4, -0.2) is 17.9 Å². The molecule has 124 valence electrons. The van der Waals surface area contributed by atoms with E-state index in [0.29, 0.717) is 21.3 Å². The summed E-state index contributed by atoms with van der Waals surface area (Å²) in [6.45, 7) is 1.46.